The Labute approximate surface area is 93.5 Å². The maximum atomic E-state index is 4.45. The summed E-state index contributed by atoms with van der Waals surface area (Å²) in [4.78, 5) is 4.45. The zero-order valence-electron chi connectivity index (χ0n) is 8.62. The summed E-state index contributed by atoms with van der Waals surface area (Å²) >= 11 is 3.63. The van der Waals surface area contributed by atoms with Crippen molar-refractivity contribution in [1.29, 1.82) is 0 Å². The minimum Gasteiger partial charge on any atom is -0.313 e. The van der Waals surface area contributed by atoms with E-state index >= 15 is 0 Å². The highest BCUT2D eigenvalue weighted by molar-refractivity contribution is 8.01. The molecule has 2 nitrogen and oxygen atoms in total. The van der Waals surface area contributed by atoms with Crippen LogP contribution in [0.5, 0.6) is 0 Å². The Kier molecular flexibility index (Phi) is 3.47. The van der Waals surface area contributed by atoms with E-state index in [0.717, 1.165) is 18.3 Å². The van der Waals surface area contributed by atoms with Crippen molar-refractivity contribution in [2.24, 2.45) is 0 Å². The van der Waals surface area contributed by atoms with Gasteiger partial charge in [0.2, 0.25) is 0 Å². The van der Waals surface area contributed by atoms with Crippen molar-refractivity contribution in [3.05, 3.63) is 11.1 Å². The Bertz CT molecular complexity index is 294. The average Bonchev–Trinajstić information content (AvgIpc) is 2.88. The van der Waals surface area contributed by atoms with Crippen LogP contribution in [0.2, 0.25) is 0 Å². The lowest BCUT2D eigenvalue weighted by Crippen LogP contribution is -2.24. The molecule has 0 saturated heterocycles. The minimum atomic E-state index is 0.626. The molecule has 1 aliphatic rings. The molecule has 0 amide bonds. The molecule has 1 aromatic rings. The number of hydrogen-bond acceptors (Lipinski definition) is 4. The first-order valence-electron chi connectivity index (χ1n) is 5.06. The summed E-state index contributed by atoms with van der Waals surface area (Å²) in [5.41, 5.74) is 1.14. The molecule has 1 aliphatic carbocycles. The van der Waals surface area contributed by atoms with Gasteiger partial charge in [-0.15, -0.1) is 11.3 Å². The molecule has 0 bridgehead atoms. The average molecular weight is 228 g/mol. The van der Waals surface area contributed by atoms with Gasteiger partial charge in [-0.1, -0.05) is 18.7 Å². The molecule has 1 saturated carbocycles. The van der Waals surface area contributed by atoms with Gasteiger partial charge >= 0.3 is 0 Å². The fourth-order valence-electron chi connectivity index (χ4n) is 1.22. The second kappa shape index (κ2) is 4.64. The van der Waals surface area contributed by atoms with Gasteiger partial charge in [-0.25, -0.2) is 4.98 Å². The predicted octanol–water partition coefficient (Wildman–Crippen LogP) is 2.68. The van der Waals surface area contributed by atoms with Crippen molar-refractivity contribution in [3.63, 3.8) is 0 Å². The Hall–Kier alpha value is -0.0600. The van der Waals surface area contributed by atoms with Crippen molar-refractivity contribution >= 4 is 23.1 Å². The van der Waals surface area contributed by atoms with Gasteiger partial charge in [0.25, 0.3) is 0 Å². The van der Waals surface area contributed by atoms with Crippen molar-refractivity contribution in [2.75, 3.05) is 6.54 Å². The van der Waals surface area contributed by atoms with Crippen LogP contribution in [0.1, 0.15) is 25.5 Å². The summed E-state index contributed by atoms with van der Waals surface area (Å²) in [7, 11) is 0. The highest BCUT2D eigenvalue weighted by Gasteiger charge is 2.21. The van der Waals surface area contributed by atoms with Gasteiger partial charge in [0.05, 0.1) is 0 Å². The second-order valence-corrected chi connectivity index (χ2v) is 6.41. The van der Waals surface area contributed by atoms with Gasteiger partial charge in [0.1, 0.15) is 4.34 Å². The molecule has 14 heavy (non-hydrogen) atoms. The standard InChI is InChI=1S/C10H16N2S2/c1-7-6-13-10(12-7)14-8(2)5-11-9-3-4-9/h6,8-9,11H,3-5H2,1-2H3. The lowest BCUT2D eigenvalue weighted by Gasteiger charge is -2.09. The zero-order chi connectivity index (χ0) is 9.97. The SMILES string of the molecule is Cc1csc(SC(C)CNC2CC2)n1. The minimum absolute atomic E-state index is 0.626. The normalized spacial score (nSPS) is 18.4. The van der Waals surface area contributed by atoms with E-state index in [1.807, 2.05) is 18.7 Å². The number of nitrogens with one attached hydrogen (secondary N) is 1. The lowest BCUT2D eigenvalue weighted by atomic mass is 10.4. The summed E-state index contributed by atoms with van der Waals surface area (Å²) in [6.07, 6.45) is 2.74. The molecule has 1 unspecified atom stereocenters. The summed E-state index contributed by atoms with van der Waals surface area (Å²) in [5.74, 6) is 0. The van der Waals surface area contributed by atoms with Gasteiger partial charge in [-0.2, -0.15) is 0 Å². The van der Waals surface area contributed by atoms with Crippen LogP contribution in [0.3, 0.4) is 0 Å². The van der Waals surface area contributed by atoms with Crippen LogP contribution in [0.15, 0.2) is 9.72 Å². The van der Waals surface area contributed by atoms with Crippen molar-refractivity contribution < 1.29 is 0 Å². The predicted molar refractivity (Wildman–Crippen MR) is 63.2 cm³/mol. The first kappa shape index (κ1) is 10.5. The van der Waals surface area contributed by atoms with E-state index in [1.165, 1.54) is 17.2 Å². The summed E-state index contributed by atoms with van der Waals surface area (Å²) in [6, 6.07) is 0.816. The largest absolute Gasteiger partial charge is 0.313 e. The molecule has 1 fully saturated rings. The third-order valence-electron chi connectivity index (χ3n) is 2.17. The molecule has 0 aliphatic heterocycles. The molecule has 1 N–H and O–H groups in total. The van der Waals surface area contributed by atoms with Crippen LogP contribution >= 0.6 is 23.1 Å². The van der Waals surface area contributed by atoms with Crippen molar-refractivity contribution in [1.82, 2.24) is 10.3 Å². The van der Waals surface area contributed by atoms with Crippen LogP contribution in [0, 0.1) is 6.92 Å². The van der Waals surface area contributed by atoms with E-state index in [0.29, 0.717) is 5.25 Å². The van der Waals surface area contributed by atoms with Crippen LogP contribution in [0.4, 0.5) is 0 Å². The molecule has 1 atom stereocenters. The quantitative estimate of drug-likeness (QED) is 0.784. The fraction of sp³-hybridized carbons (Fsp3) is 0.700. The summed E-state index contributed by atoms with van der Waals surface area (Å²) in [5, 5.41) is 6.28. The number of aryl methyl sites for hydroxylation is 1. The number of thioether (sulfide) groups is 1. The number of aromatic nitrogens is 1. The molecule has 4 heteroatoms. The molecule has 2 rings (SSSR count). The maximum absolute atomic E-state index is 4.45. The lowest BCUT2D eigenvalue weighted by molar-refractivity contribution is 0.679. The molecule has 1 aromatic heterocycles. The molecule has 0 radical (unpaired) electrons. The smallest absolute Gasteiger partial charge is 0.150 e. The Balaban J connectivity index is 1.72. The first-order chi connectivity index (χ1) is 6.74. The van der Waals surface area contributed by atoms with E-state index in [-0.39, 0.29) is 0 Å². The van der Waals surface area contributed by atoms with Crippen molar-refractivity contribution in [2.45, 2.75) is 42.3 Å². The van der Waals surface area contributed by atoms with Crippen molar-refractivity contribution in [3.8, 4) is 0 Å². The number of thiazole rings is 1. The number of nitrogens with zero attached hydrogens (tertiary/aromatic N) is 1. The van der Waals surface area contributed by atoms with Gasteiger partial charge < -0.3 is 5.32 Å². The monoisotopic (exact) mass is 228 g/mol. The number of rotatable bonds is 5. The molecule has 1 heterocycles. The Morgan fingerprint density at radius 3 is 3.07 bits per heavy atom. The van der Waals surface area contributed by atoms with Crippen LogP contribution in [-0.2, 0) is 0 Å². The topological polar surface area (TPSA) is 24.9 Å². The Morgan fingerprint density at radius 2 is 2.50 bits per heavy atom. The highest BCUT2D eigenvalue weighted by atomic mass is 32.2. The molecule has 0 spiro atoms. The van der Waals surface area contributed by atoms with Gasteiger partial charge in [-0.05, 0) is 19.8 Å². The summed E-state index contributed by atoms with van der Waals surface area (Å²) < 4.78 is 1.20. The zero-order valence-corrected chi connectivity index (χ0v) is 10.3. The third kappa shape index (κ3) is 3.26. The van der Waals surface area contributed by atoms with E-state index in [9.17, 15) is 0 Å². The van der Waals surface area contributed by atoms with E-state index in [1.54, 1.807) is 11.3 Å². The maximum Gasteiger partial charge on any atom is 0.150 e. The Morgan fingerprint density at radius 1 is 1.71 bits per heavy atom. The third-order valence-corrected chi connectivity index (χ3v) is 4.36. The first-order valence-corrected chi connectivity index (χ1v) is 6.82. The van der Waals surface area contributed by atoms with Crippen LogP contribution < -0.4 is 5.32 Å². The second-order valence-electron chi connectivity index (χ2n) is 3.87. The van der Waals surface area contributed by atoms with E-state index in [2.05, 4.69) is 22.6 Å². The van der Waals surface area contributed by atoms with Gasteiger partial charge in [0.15, 0.2) is 0 Å². The molecular formula is C10H16N2S2. The van der Waals surface area contributed by atoms with E-state index in [4.69, 9.17) is 0 Å². The molecule has 78 valence electrons. The van der Waals surface area contributed by atoms with Crippen LogP contribution in [-0.4, -0.2) is 22.8 Å². The highest BCUT2D eigenvalue weighted by Crippen LogP contribution is 2.27. The summed E-state index contributed by atoms with van der Waals surface area (Å²) in [6.45, 7) is 5.42. The van der Waals surface area contributed by atoms with Gasteiger partial charge in [-0.3, -0.25) is 0 Å². The molecular weight excluding hydrogens is 212 g/mol. The van der Waals surface area contributed by atoms with Gasteiger partial charge in [0, 0.05) is 28.9 Å². The number of hydrogen-bond donors (Lipinski definition) is 1. The van der Waals surface area contributed by atoms with Crippen LogP contribution in [0.25, 0.3) is 0 Å². The fourth-order valence-corrected chi connectivity index (χ4v) is 3.32. The molecule has 0 aromatic carbocycles. The van der Waals surface area contributed by atoms with E-state index < -0.39 is 0 Å².